The van der Waals surface area contributed by atoms with Gasteiger partial charge in [0.15, 0.2) is 0 Å². The first-order chi connectivity index (χ1) is 16.1. The van der Waals surface area contributed by atoms with E-state index in [4.69, 9.17) is 11.6 Å². The molecule has 3 aromatic carbocycles. The molecule has 0 radical (unpaired) electrons. The Kier molecular flexibility index (Phi) is 9.85. The molecule has 0 aromatic heterocycles. The average Bonchev–Trinajstić information content (AvgIpc) is 2.83. The van der Waals surface area contributed by atoms with Crippen molar-refractivity contribution in [2.24, 2.45) is 0 Å². The van der Waals surface area contributed by atoms with Crippen molar-refractivity contribution in [1.82, 2.24) is 10.2 Å². The molecular weight excluding hydrogens is 452 g/mol. The van der Waals surface area contributed by atoms with E-state index in [1.807, 2.05) is 85.8 Å². The van der Waals surface area contributed by atoms with Crippen molar-refractivity contribution in [2.75, 3.05) is 12.3 Å². The third kappa shape index (κ3) is 7.95. The summed E-state index contributed by atoms with van der Waals surface area (Å²) in [5, 5.41) is 3.52. The Balaban J connectivity index is 1.82. The zero-order valence-corrected chi connectivity index (χ0v) is 20.3. The first kappa shape index (κ1) is 24.9. The van der Waals surface area contributed by atoms with Gasteiger partial charge in [0.1, 0.15) is 6.04 Å². The van der Waals surface area contributed by atoms with Gasteiger partial charge in [-0.2, -0.15) is 0 Å². The van der Waals surface area contributed by atoms with Crippen LogP contribution in [-0.2, 0) is 28.3 Å². The second-order valence-electron chi connectivity index (χ2n) is 7.73. The molecular formula is C27H29ClN2O2S. The Hall–Kier alpha value is -2.76. The van der Waals surface area contributed by atoms with Crippen molar-refractivity contribution in [3.05, 3.63) is 107 Å². The topological polar surface area (TPSA) is 49.4 Å². The van der Waals surface area contributed by atoms with Gasteiger partial charge < -0.3 is 10.2 Å². The predicted octanol–water partition coefficient (Wildman–Crippen LogP) is 5.35. The van der Waals surface area contributed by atoms with E-state index < -0.39 is 6.04 Å². The van der Waals surface area contributed by atoms with Crippen LogP contribution in [0.4, 0.5) is 0 Å². The largest absolute Gasteiger partial charge is 0.355 e. The second-order valence-corrected chi connectivity index (χ2v) is 9.15. The van der Waals surface area contributed by atoms with Gasteiger partial charge in [-0.3, -0.25) is 9.59 Å². The molecule has 33 heavy (non-hydrogen) atoms. The van der Waals surface area contributed by atoms with E-state index in [1.54, 1.807) is 22.7 Å². The molecule has 4 nitrogen and oxygen atoms in total. The lowest BCUT2D eigenvalue weighted by Crippen LogP contribution is -2.51. The van der Waals surface area contributed by atoms with Crippen molar-refractivity contribution in [3.63, 3.8) is 0 Å². The van der Waals surface area contributed by atoms with Crippen LogP contribution in [0.1, 0.15) is 23.6 Å². The standard InChI is InChI=1S/C27H29ClN2O2S/c1-2-29-27(32)25(17-21-10-5-3-6-11-21)30(18-23-14-9-15-24(28)16-23)26(31)20-33-19-22-12-7-4-8-13-22/h3-16,25H,2,17-20H2,1H3,(H,29,32)/t25-/m1/s1. The fraction of sp³-hybridized carbons (Fsp3) is 0.259. The molecule has 0 fully saturated rings. The fourth-order valence-corrected chi connectivity index (χ4v) is 4.67. The number of carbonyl (C=O) groups excluding carboxylic acids is 2. The first-order valence-electron chi connectivity index (χ1n) is 11.0. The molecule has 6 heteroatoms. The molecule has 0 aliphatic heterocycles. The van der Waals surface area contributed by atoms with Crippen LogP contribution in [0.2, 0.25) is 5.02 Å². The molecule has 1 atom stereocenters. The average molecular weight is 481 g/mol. The minimum atomic E-state index is -0.615. The number of amides is 2. The number of halogens is 1. The van der Waals surface area contributed by atoms with Gasteiger partial charge in [0.05, 0.1) is 5.75 Å². The Labute approximate surface area is 205 Å². The number of thioether (sulfide) groups is 1. The molecule has 0 heterocycles. The van der Waals surface area contributed by atoms with Crippen molar-refractivity contribution in [3.8, 4) is 0 Å². The fourth-order valence-electron chi connectivity index (χ4n) is 3.59. The first-order valence-corrected chi connectivity index (χ1v) is 12.6. The van der Waals surface area contributed by atoms with Crippen LogP contribution in [0.5, 0.6) is 0 Å². The molecule has 172 valence electrons. The highest BCUT2D eigenvalue weighted by Gasteiger charge is 2.30. The van der Waals surface area contributed by atoms with E-state index in [2.05, 4.69) is 5.32 Å². The molecule has 0 aliphatic rings. The highest BCUT2D eigenvalue weighted by molar-refractivity contribution is 7.99. The van der Waals surface area contributed by atoms with Crippen LogP contribution in [0, 0.1) is 0 Å². The Morgan fingerprint density at radius 3 is 2.18 bits per heavy atom. The Bertz CT molecular complexity index is 1030. The number of nitrogens with one attached hydrogen (secondary N) is 1. The van der Waals surface area contributed by atoms with Crippen molar-refractivity contribution in [2.45, 2.75) is 31.7 Å². The summed E-state index contributed by atoms with van der Waals surface area (Å²) < 4.78 is 0. The lowest BCUT2D eigenvalue weighted by molar-refractivity contribution is -0.139. The highest BCUT2D eigenvalue weighted by atomic mass is 35.5. The van der Waals surface area contributed by atoms with E-state index in [-0.39, 0.29) is 11.8 Å². The summed E-state index contributed by atoms with van der Waals surface area (Å²) in [6.45, 7) is 2.71. The lowest BCUT2D eigenvalue weighted by atomic mass is 10.0. The van der Waals surface area contributed by atoms with Gasteiger partial charge in [-0.25, -0.2) is 0 Å². The summed E-state index contributed by atoms with van der Waals surface area (Å²) in [5.74, 6) is 0.815. The maximum Gasteiger partial charge on any atom is 0.243 e. The number of rotatable bonds is 11. The summed E-state index contributed by atoms with van der Waals surface area (Å²) in [6, 6.07) is 26.7. The number of nitrogens with zero attached hydrogens (tertiary/aromatic N) is 1. The number of benzene rings is 3. The Morgan fingerprint density at radius 2 is 1.55 bits per heavy atom. The summed E-state index contributed by atoms with van der Waals surface area (Å²) >= 11 is 7.75. The monoisotopic (exact) mass is 480 g/mol. The zero-order chi connectivity index (χ0) is 23.5. The third-order valence-electron chi connectivity index (χ3n) is 5.20. The van der Waals surface area contributed by atoms with Gasteiger partial charge in [0, 0.05) is 30.3 Å². The summed E-state index contributed by atoms with van der Waals surface area (Å²) in [7, 11) is 0. The number of hydrogen-bond donors (Lipinski definition) is 1. The van der Waals surface area contributed by atoms with Crippen molar-refractivity contribution >= 4 is 35.2 Å². The minimum absolute atomic E-state index is 0.0666. The van der Waals surface area contributed by atoms with E-state index in [1.165, 1.54) is 5.56 Å². The van der Waals surface area contributed by atoms with Crippen LogP contribution in [0.25, 0.3) is 0 Å². The van der Waals surface area contributed by atoms with Gasteiger partial charge >= 0.3 is 0 Å². The molecule has 0 unspecified atom stereocenters. The van der Waals surface area contributed by atoms with E-state index in [9.17, 15) is 9.59 Å². The number of hydrogen-bond acceptors (Lipinski definition) is 3. The van der Waals surface area contributed by atoms with Gasteiger partial charge in [-0.05, 0) is 35.7 Å². The quantitative estimate of drug-likeness (QED) is 0.402. The number of likely N-dealkylation sites (N-methyl/N-ethyl adjacent to an activating group) is 1. The zero-order valence-electron chi connectivity index (χ0n) is 18.7. The van der Waals surface area contributed by atoms with Gasteiger partial charge in [-0.15, -0.1) is 11.8 Å². The summed E-state index contributed by atoms with van der Waals surface area (Å²) in [5.41, 5.74) is 3.07. The van der Waals surface area contributed by atoms with Crippen molar-refractivity contribution < 1.29 is 9.59 Å². The van der Waals surface area contributed by atoms with Crippen LogP contribution in [0.3, 0.4) is 0 Å². The molecule has 0 bridgehead atoms. The molecule has 0 spiro atoms. The molecule has 0 saturated carbocycles. The van der Waals surface area contributed by atoms with Crippen LogP contribution < -0.4 is 5.32 Å². The van der Waals surface area contributed by atoms with E-state index >= 15 is 0 Å². The van der Waals surface area contributed by atoms with E-state index in [0.717, 1.165) is 16.9 Å². The maximum atomic E-state index is 13.5. The van der Waals surface area contributed by atoms with Crippen LogP contribution in [-0.4, -0.2) is 35.1 Å². The number of carbonyl (C=O) groups is 2. The summed E-state index contributed by atoms with van der Waals surface area (Å²) in [6.07, 6.45) is 0.447. The summed E-state index contributed by atoms with van der Waals surface area (Å²) in [4.78, 5) is 28.3. The normalized spacial score (nSPS) is 11.6. The van der Waals surface area contributed by atoms with Crippen molar-refractivity contribution in [1.29, 1.82) is 0 Å². The van der Waals surface area contributed by atoms with Gasteiger partial charge in [0.2, 0.25) is 11.8 Å². The Morgan fingerprint density at radius 1 is 0.909 bits per heavy atom. The van der Waals surface area contributed by atoms with E-state index in [0.29, 0.717) is 30.3 Å². The molecule has 3 aromatic rings. The molecule has 2 amide bonds. The SMILES string of the molecule is CCNC(=O)[C@@H](Cc1ccccc1)N(Cc1cccc(Cl)c1)C(=O)CSCc1ccccc1. The maximum absolute atomic E-state index is 13.5. The van der Waals surface area contributed by atoms with Gasteiger partial charge in [-0.1, -0.05) is 84.4 Å². The molecule has 0 aliphatic carbocycles. The lowest BCUT2D eigenvalue weighted by Gasteiger charge is -2.31. The smallest absolute Gasteiger partial charge is 0.243 e. The molecule has 3 rings (SSSR count). The second kappa shape index (κ2) is 13.1. The highest BCUT2D eigenvalue weighted by Crippen LogP contribution is 2.20. The third-order valence-corrected chi connectivity index (χ3v) is 6.42. The molecule has 0 saturated heterocycles. The molecule has 1 N–H and O–H groups in total. The van der Waals surface area contributed by atoms with Crippen LogP contribution in [0.15, 0.2) is 84.9 Å². The van der Waals surface area contributed by atoms with Crippen LogP contribution >= 0.6 is 23.4 Å². The van der Waals surface area contributed by atoms with Gasteiger partial charge in [0.25, 0.3) is 0 Å². The minimum Gasteiger partial charge on any atom is -0.355 e. The predicted molar refractivity (Wildman–Crippen MR) is 137 cm³/mol.